The standard InChI is InChI=1S/C21H34O2/c1-13-3-6-16-14(11-13)4-7-18-17(16)9-10-21(2)15(12-20(22)23)5-8-19(18)21/h13-19H,3-12H2,1-2H3,(H,22,23)/t13?,14-,15-,16+,17?,18-,19?,21-/m1/s1. The highest BCUT2D eigenvalue weighted by atomic mass is 16.4. The lowest BCUT2D eigenvalue weighted by Gasteiger charge is -2.56. The predicted molar refractivity (Wildman–Crippen MR) is 92.0 cm³/mol. The SMILES string of the molecule is CC1CC[C@@H]2C3CC[C@@]4(C)C(CC[C@@H]4CC(=O)O)[C@@H]3CC[C@@H]2C1. The summed E-state index contributed by atoms with van der Waals surface area (Å²) in [5.41, 5.74) is 0.328. The Morgan fingerprint density at radius 3 is 2.57 bits per heavy atom. The van der Waals surface area contributed by atoms with Gasteiger partial charge in [-0.25, -0.2) is 0 Å². The predicted octanol–water partition coefficient (Wildman–Crippen LogP) is 5.37. The Kier molecular flexibility index (Phi) is 4.01. The zero-order valence-electron chi connectivity index (χ0n) is 15.0. The molecule has 4 saturated carbocycles. The Labute approximate surface area is 141 Å². The second kappa shape index (κ2) is 5.77. The molecule has 0 radical (unpaired) electrons. The van der Waals surface area contributed by atoms with Gasteiger partial charge >= 0.3 is 5.97 Å². The highest BCUT2D eigenvalue weighted by Gasteiger charge is 2.56. The summed E-state index contributed by atoms with van der Waals surface area (Å²) in [7, 11) is 0. The number of carbonyl (C=O) groups is 1. The first-order valence-corrected chi connectivity index (χ1v) is 10.2. The van der Waals surface area contributed by atoms with Gasteiger partial charge in [-0.3, -0.25) is 4.79 Å². The van der Waals surface area contributed by atoms with E-state index in [1.165, 1.54) is 57.8 Å². The summed E-state index contributed by atoms with van der Waals surface area (Å²) in [6.45, 7) is 4.90. The molecule has 0 spiro atoms. The van der Waals surface area contributed by atoms with Crippen molar-refractivity contribution in [1.29, 1.82) is 0 Å². The van der Waals surface area contributed by atoms with Crippen LogP contribution in [0.15, 0.2) is 0 Å². The lowest BCUT2D eigenvalue weighted by atomic mass is 9.49. The molecule has 0 amide bonds. The summed E-state index contributed by atoms with van der Waals surface area (Å²) in [6, 6.07) is 0. The van der Waals surface area contributed by atoms with Crippen molar-refractivity contribution in [2.75, 3.05) is 0 Å². The minimum atomic E-state index is -0.580. The molecule has 0 aromatic carbocycles. The number of hydrogen-bond acceptors (Lipinski definition) is 1. The minimum Gasteiger partial charge on any atom is -0.481 e. The van der Waals surface area contributed by atoms with Gasteiger partial charge in [-0.1, -0.05) is 20.3 Å². The number of aliphatic carboxylic acids is 1. The van der Waals surface area contributed by atoms with Crippen LogP contribution in [0.5, 0.6) is 0 Å². The normalized spacial score (nSPS) is 52.3. The molecule has 4 fully saturated rings. The van der Waals surface area contributed by atoms with E-state index in [0.29, 0.717) is 17.8 Å². The van der Waals surface area contributed by atoms with E-state index in [1.54, 1.807) is 0 Å². The molecule has 4 rings (SSSR count). The van der Waals surface area contributed by atoms with E-state index >= 15 is 0 Å². The van der Waals surface area contributed by atoms with Crippen LogP contribution in [0.1, 0.15) is 78.1 Å². The Morgan fingerprint density at radius 1 is 1.00 bits per heavy atom. The maximum atomic E-state index is 11.3. The molecule has 0 aliphatic heterocycles. The van der Waals surface area contributed by atoms with Crippen LogP contribution in [0, 0.1) is 46.8 Å². The summed E-state index contributed by atoms with van der Waals surface area (Å²) in [4.78, 5) is 11.3. The molecule has 0 saturated heterocycles. The first-order valence-electron chi connectivity index (χ1n) is 10.2. The molecule has 4 aliphatic rings. The van der Waals surface area contributed by atoms with Crippen LogP contribution < -0.4 is 0 Å². The molecule has 8 atom stereocenters. The van der Waals surface area contributed by atoms with Crippen molar-refractivity contribution in [3.63, 3.8) is 0 Å². The molecule has 0 heterocycles. The number of fused-ring (bicyclic) bond motifs is 5. The zero-order valence-corrected chi connectivity index (χ0v) is 15.0. The fraction of sp³-hybridized carbons (Fsp3) is 0.952. The number of carboxylic acids is 1. The lowest BCUT2D eigenvalue weighted by molar-refractivity contribution is -0.140. The Morgan fingerprint density at radius 2 is 1.78 bits per heavy atom. The van der Waals surface area contributed by atoms with Crippen molar-refractivity contribution in [1.82, 2.24) is 0 Å². The summed E-state index contributed by atoms with van der Waals surface area (Å²) >= 11 is 0. The van der Waals surface area contributed by atoms with Gasteiger partial charge in [-0.2, -0.15) is 0 Å². The molecule has 0 bridgehead atoms. The smallest absolute Gasteiger partial charge is 0.303 e. The van der Waals surface area contributed by atoms with Crippen LogP contribution in [0.4, 0.5) is 0 Å². The van der Waals surface area contributed by atoms with Crippen molar-refractivity contribution in [2.45, 2.75) is 78.1 Å². The minimum absolute atomic E-state index is 0.328. The number of hydrogen-bond donors (Lipinski definition) is 1. The molecular formula is C21H34O2. The number of rotatable bonds is 2. The van der Waals surface area contributed by atoms with Crippen LogP contribution in [0.25, 0.3) is 0 Å². The molecule has 1 N–H and O–H groups in total. The van der Waals surface area contributed by atoms with Crippen molar-refractivity contribution in [3.05, 3.63) is 0 Å². The topological polar surface area (TPSA) is 37.3 Å². The Bertz CT molecular complexity index is 472. The van der Waals surface area contributed by atoms with Gasteiger partial charge in [0.2, 0.25) is 0 Å². The van der Waals surface area contributed by atoms with E-state index in [2.05, 4.69) is 13.8 Å². The molecule has 23 heavy (non-hydrogen) atoms. The van der Waals surface area contributed by atoms with Gasteiger partial charge in [0.25, 0.3) is 0 Å². The highest BCUT2D eigenvalue weighted by molar-refractivity contribution is 5.67. The van der Waals surface area contributed by atoms with Crippen LogP contribution in [-0.2, 0) is 4.79 Å². The zero-order chi connectivity index (χ0) is 16.2. The Balaban J connectivity index is 1.52. The van der Waals surface area contributed by atoms with Crippen molar-refractivity contribution in [3.8, 4) is 0 Å². The van der Waals surface area contributed by atoms with Crippen molar-refractivity contribution < 1.29 is 9.90 Å². The van der Waals surface area contributed by atoms with E-state index < -0.39 is 5.97 Å². The second-order valence-electron chi connectivity index (χ2n) is 9.77. The van der Waals surface area contributed by atoms with E-state index in [0.717, 1.165) is 35.5 Å². The maximum Gasteiger partial charge on any atom is 0.303 e. The van der Waals surface area contributed by atoms with Gasteiger partial charge in [0, 0.05) is 6.42 Å². The van der Waals surface area contributed by atoms with Gasteiger partial charge in [0.15, 0.2) is 0 Å². The first-order chi connectivity index (χ1) is 11.0. The molecule has 130 valence electrons. The average Bonchev–Trinajstić information content (AvgIpc) is 2.83. The largest absolute Gasteiger partial charge is 0.481 e. The molecule has 2 nitrogen and oxygen atoms in total. The van der Waals surface area contributed by atoms with Crippen LogP contribution in [0.3, 0.4) is 0 Å². The summed E-state index contributed by atoms with van der Waals surface area (Å²) in [6.07, 6.45) is 12.9. The van der Waals surface area contributed by atoms with Gasteiger partial charge in [0.1, 0.15) is 0 Å². The lowest BCUT2D eigenvalue weighted by Crippen LogP contribution is -2.48. The van der Waals surface area contributed by atoms with E-state index in [1.807, 2.05) is 0 Å². The van der Waals surface area contributed by atoms with Gasteiger partial charge in [-0.15, -0.1) is 0 Å². The van der Waals surface area contributed by atoms with Crippen LogP contribution in [-0.4, -0.2) is 11.1 Å². The third-order valence-corrected chi connectivity index (χ3v) is 8.83. The third-order valence-electron chi connectivity index (χ3n) is 8.83. The highest BCUT2D eigenvalue weighted by Crippen LogP contribution is 2.64. The molecule has 4 aliphatic carbocycles. The Hall–Kier alpha value is -0.530. The van der Waals surface area contributed by atoms with E-state index in [4.69, 9.17) is 0 Å². The molecule has 0 aromatic heterocycles. The summed E-state index contributed by atoms with van der Waals surface area (Å²) in [5, 5.41) is 9.29. The number of carboxylic acid groups (broad SMARTS) is 1. The van der Waals surface area contributed by atoms with E-state index in [-0.39, 0.29) is 0 Å². The van der Waals surface area contributed by atoms with Gasteiger partial charge in [0.05, 0.1) is 0 Å². The fourth-order valence-electron chi connectivity index (χ4n) is 7.74. The van der Waals surface area contributed by atoms with Crippen molar-refractivity contribution >= 4 is 5.97 Å². The van der Waals surface area contributed by atoms with Crippen LogP contribution in [0.2, 0.25) is 0 Å². The molecule has 3 unspecified atom stereocenters. The maximum absolute atomic E-state index is 11.3. The van der Waals surface area contributed by atoms with E-state index in [9.17, 15) is 9.90 Å². The third kappa shape index (κ3) is 2.55. The van der Waals surface area contributed by atoms with Crippen LogP contribution >= 0.6 is 0 Å². The van der Waals surface area contributed by atoms with Crippen molar-refractivity contribution in [2.24, 2.45) is 46.8 Å². The summed E-state index contributed by atoms with van der Waals surface area (Å²) in [5.74, 6) is 5.55. The van der Waals surface area contributed by atoms with Gasteiger partial charge in [-0.05, 0) is 98.2 Å². The molecule has 0 aromatic rings. The second-order valence-corrected chi connectivity index (χ2v) is 9.77. The average molecular weight is 319 g/mol. The monoisotopic (exact) mass is 318 g/mol. The quantitative estimate of drug-likeness (QED) is 0.743. The van der Waals surface area contributed by atoms with Gasteiger partial charge < -0.3 is 5.11 Å². The fourth-order valence-corrected chi connectivity index (χ4v) is 7.74. The first kappa shape index (κ1) is 16.0. The molecular weight excluding hydrogens is 284 g/mol. The molecule has 2 heteroatoms. The summed E-state index contributed by atoms with van der Waals surface area (Å²) < 4.78 is 0.